The molecule has 1 aliphatic heterocycles. The van der Waals surface area contributed by atoms with Gasteiger partial charge in [0, 0.05) is 24.6 Å². The van der Waals surface area contributed by atoms with Gasteiger partial charge >= 0.3 is 0 Å². The number of anilines is 1. The number of hydrogen-bond donors (Lipinski definition) is 0. The van der Waals surface area contributed by atoms with E-state index in [-0.39, 0.29) is 5.78 Å². The number of carbonyl (C=O) groups excluding carboxylic acids is 1. The van der Waals surface area contributed by atoms with Crippen molar-refractivity contribution in [3.63, 3.8) is 0 Å². The van der Waals surface area contributed by atoms with E-state index in [9.17, 15) is 4.79 Å². The van der Waals surface area contributed by atoms with Crippen LogP contribution in [0.4, 0.5) is 5.00 Å². The molecule has 4 rings (SSSR count). The molecule has 0 atom stereocenters. The zero-order valence-electron chi connectivity index (χ0n) is 15.0. The Bertz CT molecular complexity index is 895. The van der Waals surface area contributed by atoms with Crippen molar-refractivity contribution < 1.29 is 4.79 Å². The highest BCUT2D eigenvalue weighted by Gasteiger charge is 2.22. The Morgan fingerprint density at radius 3 is 2.70 bits per heavy atom. The lowest BCUT2D eigenvalue weighted by Gasteiger charge is -2.32. The minimum absolute atomic E-state index is 0.0190. The molecular formula is C21H21N3OS2. The average Bonchev–Trinajstić information content (AvgIpc) is 3.40. The SMILES string of the molecule is O=C(C=Cc1nnsc1N1CCC(Cc2ccccc2)CC1)c1cccs1. The summed E-state index contributed by atoms with van der Waals surface area (Å²) in [5.74, 6) is 0.745. The third kappa shape index (κ3) is 4.51. The first kappa shape index (κ1) is 18.1. The van der Waals surface area contributed by atoms with Gasteiger partial charge in [-0.05, 0) is 54.3 Å². The van der Waals surface area contributed by atoms with Crippen LogP contribution in [0.3, 0.4) is 0 Å². The Kier molecular flexibility index (Phi) is 5.75. The summed E-state index contributed by atoms with van der Waals surface area (Å²) in [6.07, 6.45) is 6.90. The Morgan fingerprint density at radius 2 is 1.96 bits per heavy atom. The van der Waals surface area contributed by atoms with Gasteiger partial charge in [-0.25, -0.2) is 0 Å². The van der Waals surface area contributed by atoms with Crippen molar-refractivity contribution in [2.75, 3.05) is 18.0 Å². The second kappa shape index (κ2) is 8.59. The van der Waals surface area contributed by atoms with Crippen LogP contribution in [0.5, 0.6) is 0 Å². The Labute approximate surface area is 167 Å². The fourth-order valence-corrected chi connectivity index (χ4v) is 4.81. The van der Waals surface area contributed by atoms with Crippen LogP contribution < -0.4 is 4.90 Å². The Morgan fingerprint density at radius 1 is 1.15 bits per heavy atom. The topological polar surface area (TPSA) is 46.1 Å². The Balaban J connectivity index is 1.37. The maximum absolute atomic E-state index is 12.2. The van der Waals surface area contributed by atoms with Crippen molar-refractivity contribution in [2.45, 2.75) is 19.3 Å². The highest BCUT2D eigenvalue weighted by atomic mass is 32.1. The summed E-state index contributed by atoms with van der Waals surface area (Å²) in [5, 5.41) is 7.21. The average molecular weight is 396 g/mol. The van der Waals surface area contributed by atoms with Gasteiger partial charge in [0.05, 0.1) is 4.88 Å². The van der Waals surface area contributed by atoms with E-state index >= 15 is 0 Å². The lowest BCUT2D eigenvalue weighted by Crippen LogP contribution is -2.34. The highest BCUT2D eigenvalue weighted by Crippen LogP contribution is 2.30. The van der Waals surface area contributed by atoms with Gasteiger partial charge in [0.15, 0.2) is 5.78 Å². The monoisotopic (exact) mass is 395 g/mol. The second-order valence-electron chi connectivity index (χ2n) is 6.76. The highest BCUT2D eigenvalue weighted by molar-refractivity contribution is 7.12. The summed E-state index contributed by atoms with van der Waals surface area (Å²) < 4.78 is 4.11. The van der Waals surface area contributed by atoms with Gasteiger partial charge in [-0.1, -0.05) is 40.9 Å². The van der Waals surface area contributed by atoms with Crippen LogP contribution in [0.2, 0.25) is 0 Å². The molecule has 138 valence electrons. The van der Waals surface area contributed by atoms with Gasteiger partial charge in [-0.3, -0.25) is 4.79 Å². The molecule has 0 spiro atoms. The van der Waals surface area contributed by atoms with Gasteiger partial charge in [0.25, 0.3) is 0 Å². The fourth-order valence-electron chi connectivity index (χ4n) is 3.46. The maximum Gasteiger partial charge on any atom is 0.195 e. The lowest BCUT2D eigenvalue weighted by atomic mass is 9.90. The molecule has 1 fully saturated rings. The van der Waals surface area contributed by atoms with E-state index in [1.807, 2.05) is 17.5 Å². The first-order chi connectivity index (χ1) is 13.3. The van der Waals surface area contributed by atoms with Crippen molar-refractivity contribution in [1.82, 2.24) is 9.59 Å². The van der Waals surface area contributed by atoms with Crippen LogP contribution in [0.1, 0.15) is 33.8 Å². The van der Waals surface area contributed by atoms with Crippen LogP contribution in [0.25, 0.3) is 6.08 Å². The molecule has 0 bridgehead atoms. The van der Waals surface area contributed by atoms with Gasteiger partial charge in [-0.15, -0.1) is 16.4 Å². The number of benzene rings is 1. The third-order valence-electron chi connectivity index (χ3n) is 4.92. The van der Waals surface area contributed by atoms with E-state index in [0.29, 0.717) is 0 Å². The molecule has 1 aromatic carbocycles. The molecule has 0 unspecified atom stereocenters. The number of rotatable bonds is 6. The van der Waals surface area contributed by atoms with E-state index < -0.39 is 0 Å². The maximum atomic E-state index is 12.2. The smallest absolute Gasteiger partial charge is 0.195 e. The predicted molar refractivity (Wildman–Crippen MR) is 113 cm³/mol. The van der Waals surface area contributed by atoms with Gasteiger partial charge in [0.1, 0.15) is 10.7 Å². The molecule has 3 heterocycles. The number of ketones is 1. The summed E-state index contributed by atoms with van der Waals surface area (Å²) in [5.41, 5.74) is 2.22. The molecule has 6 heteroatoms. The van der Waals surface area contributed by atoms with Crippen LogP contribution in [0.15, 0.2) is 53.9 Å². The summed E-state index contributed by atoms with van der Waals surface area (Å²) >= 11 is 2.87. The predicted octanol–water partition coefficient (Wildman–Crippen LogP) is 4.95. The van der Waals surface area contributed by atoms with Crippen molar-refractivity contribution in [3.05, 3.63) is 70.1 Å². The number of allylic oxidation sites excluding steroid dienone is 1. The molecule has 0 saturated carbocycles. The quantitative estimate of drug-likeness (QED) is 0.437. The van der Waals surface area contributed by atoms with E-state index in [0.717, 1.165) is 41.0 Å². The summed E-state index contributed by atoms with van der Waals surface area (Å²) in [7, 11) is 0. The van der Waals surface area contributed by atoms with E-state index in [1.165, 1.54) is 41.3 Å². The summed E-state index contributed by atoms with van der Waals surface area (Å²) in [6, 6.07) is 14.5. The number of thiophene rings is 1. The molecule has 3 aromatic rings. The molecule has 2 aromatic heterocycles. The number of nitrogens with zero attached hydrogens (tertiary/aromatic N) is 3. The molecule has 0 aliphatic carbocycles. The zero-order valence-corrected chi connectivity index (χ0v) is 16.6. The van der Waals surface area contributed by atoms with Gasteiger partial charge < -0.3 is 4.90 Å². The van der Waals surface area contributed by atoms with Gasteiger partial charge in [0.2, 0.25) is 0 Å². The van der Waals surface area contributed by atoms with Crippen molar-refractivity contribution in [3.8, 4) is 0 Å². The van der Waals surface area contributed by atoms with Crippen molar-refractivity contribution in [2.24, 2.45) is 5.92 Å². The van der Waals surface area contributed by atoms with Crippen LogP contribution >= 0.6 is 22.9 Å². The first-order valence-electron chi connectivity index (χ1n) is 9.17. The number of hydrogen-bond acceptors (Lipinski definition) is 6. The number of piperidine rings is 1. The largest absolute Gasteiger partial charge is 0.360 e. The van der Waals surface area contributed by atoms with E-state index in [4.69, 9.17) is 0 Å². The molecule has 27 heavy (non-hydrogen) atoms. The minimum Gasteiger partial charge on any atom is -0.360 e. The fraction of sp³-hybridized carbons (Fsp3) is 0.286. The van der Waals surface area contributed by atoms with Gasteiger partial charge in [-0.2, -0.15) is 0 Å². The normalized spacial score (nSPS) is 15.5. The zero-order chi connectivity index (χ0) is 18.5. The molecule has 0 amide bonds. The summed E-state index contributed by atoms with van der Waals surface area (Å²) in [6.45, 7) is 2.03. The van der Waals surface area contributed by atoms with Crippen LogP contribution in [-0.2, 0) is 6.42 Å². The lowest BCUT2D eigenvalue weighted by molar-refractivity contribution is 0.105. The number of carbonyl (C=O) groups is 1. The first-order valence-corrected chi connectivity index (χ1v) is 10.8. The van der Waals surface area contributed by atoms with Crippen molar-refractivity contribution in [1.29, 1.82) is 0 Å². The second-order valence-corrected chi connectivity index (χ2v) is 8.44. The molecule has 0 radical (unpaired) electrons. The molecule has 1 saturated heterocycles. The van der Waals surface area contributed by atoms with Crippen molar-refractivity contribution >= 4 is 39.7 Å². The van der Waals surface area contributed by atoms with Crippen LogP contribution in [0, 0.1) is 5.92 Å². The molecular weight excluding hydrogens is 374 g/mol. The molecule has 4 nitrogen and oxygen atoms in total. The Hall–Kier alpha value is -2.31. The minimum atomic E-state index is 0.0190. The summed E-state index contributed by atoms with van der Waals surface area (Å²) in [4.78, 5) is 15.3. The van der Waals surface area contributed by atoms with Crippen LogP contribution in [-0.4, -0.2) is 28.5 Å². The van der Waals surface area contributed by atoms with E-state index in [1.54, 1.807) is 12.2 Å². The third-order valence-corrected chi connectivity index (χ3v) is 6.61. The standard InChI is InChI=1S/C21H21N3OS2/c25-19(20-7-4-14-26-20)9-8-18-21(27-23-22-18)24-12-10-17(11-13-24)15-16-5-2-1-3-6-16/h1-9,14,17H,10-13,15H2. The number of aromatic nitrogens is 2. The molecule has 0 N–H and O–H groups in total. The molecule has 1 aliphatic rings. The van der Waals surface area contributed by atoms with E-state index in [2.05, 4.69) is 44.8 Å².